The van der Waals surface area contributed by atoms with Crippen LogP contribution in [-0.4, -0.2) is 41.9 Å². The van der Waals surface area contributed by atoms with Gasteiger partial charge in [-0.15, -0.1) is 0 Å². The minimum absolute atomic E-state index is 0.104. The first-order valence-corrected chi connectivity index (χ1v) is 6.58. The molecule has 2 rings (SSSR count). The quantitative estimate of drug-likeness (QED) is 0.824. The molecule has 4 nitrogen and oxygen atoms in total. The van der Waals surface area contributed by atoms with Gasteiger partial charge in [0.25, 0.3) is 0 Å². The lowest BCUT2D eigenvalue weighted by atomic mass is 10.1. The standard InChI is InChI=1S/C14H20FN3O/c1-11(19)18-7-3-6-17(8-9-18)10-12-13(15)4-2-5-14(12)16/h2,4-5H,3,6-10,16H2,1H3. The molecule has 1 aliphatic rings. The average Bonchev–Trinajstić information content (AvgIpc) is 2.59. The van der Waals surface area contributed by atoms with Crippen molar-refractivity contribution in [2.24, 2.45) is 0 Å². The van der Waals surface area contributed by atoms with Crippen LogP contribution in [0.3, 0.4) is 0 Å². The van der Waals surface area contributed by atoms with Crippen LogP contribution in [0.2, 0.25) is 0 Å². The number of nitrogens with two attached hydrogens (primary N) is 1. The van der Waals surface area contributed by atoms with E-state index in [1.165, 1.54) is 6.07 Å². The van der Waals surface area contributed by atoms with Gasteiger partial charge >= 0.3 is 0 Å². The SMILES string of the molecule is CC(=O)N1CCCN(Cc2c(N)cccc2F)CC1. The molecule has 0 radical (unpaired) electrons. The lowest BCUT2D eigenvalue weighted by Crippen LogP contribution is -2.33. The minimum atomic E-state index is -0.257. The number of anilines is 1. The van der Waals surface area contributed by atoms with Gasteiger partial charge in [0.15, 0.2) is 0 Å². The third-order valence-electron chi connectivity index (χ3n) is 3.57. The molecular formula is C14H20FN3O. The summed E-state index contributed by atoms with van der Waals surface area (Å²) in [5.74, 6) is -0.153. The first-order chi connectivity index (χ1) is 9.08. The number of hydrogen-bond donors (Lipinski definition) is 1. The van der Waals surface area contributed by atoms with Gasteiger partial charge in [0.05, 0.1) is 0 Å². The zero-order valence-electron chi connectivity index (χ0n) is 11.2. The van der Waals surface area contributed by atoms with E-state index in [2.05, 4.69) is 4.90 Å². The molecule has 1 aromatic carbocycles. The average molecular weight is 265 g/mol. The van der Waals surface area contributed by atoms with Crippen molar-refractivity contribution in [3.63, 3.8) is 0 Å². The molecule has 5 heteroatoms. The van der Waals surface area contributed by atoms with Crippen LogP contribution in [0.15, 0.2) is 18.2 Å². The van der Waals surface area contributed by atoms with Crippen molar-refractivity contribution in [2.45, 2.75) is 19.9 Å². The molecule has 0 spiro atoms. The van der Waals surface area contributed by atoms with Gasteiger partial charge in [0.2, 0.25) is 5.91 Å². The Labute approximate surface area is 113 Å². The fourth-order valence-electron chi connectivity index (χ4n) is 2.41. The summed E-state index contributed by atoms with van der Waals surface area (Å²) in [5.41, 5.74) is 6.87. The van der Waals surface area contributed by atoms with Gasteiger partial charge in [-0.3, -0.25) is 9.69 Å². The van der Waals surface area contributed by atoms with Crippen molar-refractivity contribution in [2.75, 3.05) is 31.9 Å². The van der Waals surface area contributed by atoms with Gasteiger partial charge in [0.1, 0.15) is 5.82 Å². The molecule has 0 bridgehead atoms. The van der Waals surface area contributed by atoms with Crippen LogP contribution >= 0.6 is 0 Å². The third-order valence-corrected chi connectivity index (χ3v) is 3.57. The highest BCUT2D eigenvalue weighted by Crippen LogP contribution is 2.18. The lowest BCUT2D eigenvalue weighted by molar-refractivity contribution is -0.128. The lowest BCUT2D eigenvalue weighted by Gasteiger charge is -2.22. The van der Waals surface area contributed by atoms with Gasteiger partial charge in [-0.2, -0.15) is 0 Å². The molecule has 0 atom stereocenters. The van der Waals surface area contributed by atoms with Crippen LogP contribution in [0, 0.1) is 5.82 Å². The summed E-state index contributed by atoms with van der Waals surface area (Å²) >= 11 is 0. The molecule has 0 saturated carbocycles. The van der Waals surface area contributed by atoms with E-state index >= 15 is 0 Å². The Bertz CT molecular complexity index is 444. The summed E-state index contributed by atoms with van der Waals surface area (Å²) in [7, 11) is 0. The molecule has 2 N–H and O–H groups in total. The zero-order chi connectivity index (χ0) is 13.8. The molecule has 1 aromatic rings. The number of amides is 1. The van der Waals surface area contributed by atoms with Crippen LogP contribution < -0.4 is 5.73 Å². The van der Waals surface area contributed by atoms with E-state index in [0.29, 0.717) is 24.3 Å². The normalized spacial score (nSPS) is 17.3. The second kappa shape index (κ2) is 6.02. The zero-order valence-corrected chi connectivity index (χ0v) is 11.2. The maximum absolute atomic E-state index is 13.7. The Balaban J connectivity index is 2.02. The molecule has 0 aliphatic carbocycles. The summed E-state index contributed by atoms with van der Waals surface area (Å²) in [6, 6.07) is 4.78. The Morgan fingerprint density at radius 2 is 2.11 bits per heavy atom. The van der Waals surface area contributed by atoms with Crippen molar-refractivity contribution in [3.05, 3.63) is 29.6 Å². The smallest absolute Gasteiger partial charge is 0.219 e. The van der Waals surface area contributed by atoms with E-state index in [-0.39, 0.29) is 11.7 Å². The van der Waals surface area contributed by atoms with Crippen molar-refractivity contribution in [1.82, 2.24) is 9.80 Å². The Morgan fingerprint density at radius 3 is 2.79 bits per heavy atom. The number of hydrogen-bond acceptors (Lipinski definition) is 3. The fraction of sp³-hybridized carbons (Fsp3) is 0.500. The first-order valence-electron chi connectivity index (χ1n) is 6.58. The van der Waals surface area contributed by atoms with Gasteiger partial charge in [-0.25, -0.2) is 4.39 Å². The number of carbonyl (C=O) groups excluding carboxylic acids is 1. The van der Waals surface area contributed by atoms with Crippen molar-refractivity contribution in [1.29, 1.82) is 0 Å². The van der Waals surface area contributed by atoms with Gasteiger partial charge < -0.3 is 10.6 Å². The van der Waals surface area contributed by atoms with E-state index in [1.54, 1.807) is 19.1 Å². The summed E-state index contributed by atoms with van der Waals surface area (Å²) in [6.45, 7) is 5.18. The molecule has 19 heavy (non-hydrogen) atoms. The number of rotatable bonds is 2. The van der Waals surface area contributed by atoms with Crippen molar-refractivity contribution in [3.8, 4) is 0 Å². The maximum Gasteiger partial charge on any atom is 0.219 e. The second-order valence-electron chi connectivity index (χ2n) is 4.94. The third kappa shape index (κ3) is 3.44. The van der Waals surface area contributed by atoms with Crippen molar-refractivity contribution < 1.29 is 9.18 Å². The van der Waals surface area contributed by atoms with Gasteiger partial charge in [-0.05, 0) is 18.6 Å². The summed E-state index contributed by atoms with van der Waals surface area (Å²) in [4.78, 5) is 15.3. The van der Waals surface area contributed by atoms with Crippen LogP contribution in [0.25, 0.3) is 0 Å². The first kappa shape index (κ1) is 13.8. The van der Waals surface area contributed by atoms with E-state index in [4.69, 9.17) is 5.73 Å². The highest BCUT2D eigenvalue weighted by atomic mass is 19.1. The van der Waals surface area contributed by atoms with E-state index in [0.717, 1.165) is 26.1 Å². The van der Waals surface area contributed by atoms with Crippen LogP contribution in [0.4, 0.5) is 10.1 Å². The molecule has 1 amide bonds. The Hall–Kier alpha value is -1.62. The van der Waals surface area contributed by atoms with Gasteiger partial charge in [-0.1, -0.05) is 6.07 Å². The van der Waals surface area contributed by atoms with E-state index in [1.807, 2.05) is 4.90 Å². The highest BCUT2D eigenvalue weighted by molar-refractivity contribution is 5.73. The topological polar surface area (TPSA) is 49.6 Å². The molecule has 1 aliphatic heterocycles. The molecular weight excluding hydrogens is 245 g/mol. The Kier molecular flexibility index (Phi) is 4.37. The largest absolute Gasteiger partial charge is 0.398 e. The van der Waals surface area contributed by atoms with E-state index in [9.17, 15) is 9.18 Å². The minimum Gasteiger partial charge on any atom is -0.398 e. The fourth-order valence-corrected chi connectivity index (χ4v) is 2.41. The highest BCUT2D eigenvalue weighted by Gasteiger charge is 2.18. The number of nitrogen functional groups attached to an aromatic ring is 1. The predicted octanol–water partition coefficient (Wildman–Crippen LogP) is 1.46. The molecule has 0 aromatic heterocycles. The number of benzene rings is 1. The molecule has 104 valence electrons. The molecule has 1 saturated heterocycles. The number of halogens is 1. The number of carbonyl (C=O) groups is 1. The molecule has 1 heterocycles. The predicted molar refractivity (Wildman–Crippen MR) is 73.0 cm³/mol. The molecule has 0 unspecified atom stereocenters. The summed E-state index contributed by atoms with van der Waals surface area (Å²) < 4.78 is 13.7. The second-order valence-corrected chi connectivity index (χ2v) is 4.94. The Morgan fingerprint density at radius 1 is 1.32 bits per heavy atom. The summed E-state index contributed by atoms with van der Waals surface area (Å²) in [5, 5.41) is 0. The van der Waals surface area contributed by atoms with Crippen LogP contribution in [-0.2, 0) is 11.3 Å². The van der Waals surface area contributed by atoms with Crippen LogP contribution in [0.5, 0.6) is 0 Å². The summed E-state index contributed by atoms with van der Waals surface area (Å²) in [6.07, 6.45) is 0.911. The monoisotopic (exact) mass is 265 g/mol. The molecule has 1 fully saturated rings. The van der Waals surface area contributed by atoms with Crippen LogP contribution in [0.1, 0.15) is 18.9 Å². The van der Waals surface area contributed by atoms with Gasteiger partial charge in [0, 0.05) is 50.9 Å². The van der Waals surface area contributed by atoms with E-state index < -0.39 is 0 Å². The number of nitrogens with zero attached hydrogens (tertiary/aromatic N) is 2. The van der Waals surface area contributed by atoms with Crippen molar-refractivity contribution >= 4 is 11.6 Å². The maximum atomic E-state index is 13.7.